The van der Waals surface area contributed by atoms with Crippen LogP contribution in [0.3, 0.4) is 0 Å². The van der Waals surface area contributed by atoms with E-state index < -0.39 is 0 Å². The molecule has 0 atom stereocenters. The molecule has 0 radical (unpaired) electrons. The van der Waals surface area contributed by atoms with Crippen LogP contribution in [0.5, 0.6) is 11.6 Å². The Balaban J connectivity index is 2.05. The summed E-state index contributed by atoms with van der Waals surface area (Å²) in [6.07, 6.45) is 1.70. The second-order valence-corrected chi connectivity index (χ2v) is 3.27. The molecule has 3 heteroatoms. The predicted molar refractivity (Wildman–Crippen MR) is 61.6 cm³/mol. The minimum absolute atomic E-state index is 0.459. The number of hydrogen-bond donors (Lipinski definition) is 0. The highest BCUT2D eigenvalue weighted by atomic mass is 16.5. The van der Waals surface area contributed by atoms with Crippen molar-refractivity contribution in [2.45, 2.75) is 6.61 Å². The molecule has 0 aliphatic rings. The number of para-hydroxylation sites is 1. The van der Waals surface area contributed by atoms with Gasteiger partial charge in [-0.25, -0.2) is 4.98 Å². The van der Waals surface area contributed by atoms with Gasteiger partial charge in [-0.2, -0.15) is 0 Å². The van der Waals surface area contributed by atoms with E-state index in [0.29, 0.717) is 12.5 Å². The van der Waals surface area contributed by atoms with E-state index in [1.165, 1.54) is 0 Å². The minimum atomic E-state index is 0.459. The lowest BCUT2D eigenvalue weighted by molar-refractivity contribution is 0.294. The van der Waals surface area contributed by atoms with Crippen LogP contribution in [0.1, 0.15) is 5.56 Å². The van der Waals surface area contributed by atoms with Crippen LogP contribution in [-0.2, 0) is 6.61 Å². The average Bonchev–Trinajstić information content (AvgIpc) is 2.38. The fraction of sp³-hybridized carbons (Fsp3) is 0.154. The van der Waals surface area contributed by atoms with Crippen molar-refractivity contribution in [3.8, 4) is 11.6 Å². The quantitative estimate of drug-likeness (QED) is 0.785. The van der Waals surface area contributed by atoms with E-state index in [4.69, 9.17) is 9.47 Å². The molecule has 0 aliphatic heterocycles. The summed E-state index contributed by atoms with van der Waals surface area (Å²) in [5.41, 5.74) is 0.939. The van der Waals surface area contributed by atoms with Crippen molar-refractivity contribution in [2.75, 3.05) is 7.11 Å². The van der Waals surface area contributed by atoms with E-state index in [1.807, 2.05) is 42.5 Å². The summed E-state index contributed by atoms with van der Waals surface area (Å²) in [7, 11) is 1.61. The molecule has 1 heterocycles. The van der Waals surface area contributed by atoms with Gasteiger partial charge in [-0.3, -0.25) is 0 Å². The second kappa shape index (κ2) is 5.16. The Hall–Kier alpha value is -2.03. The molecule has 0 saturated carbocycles. The Morgan fingerprint density at radius 3 is 2.62 bits per heavy atom. The lowest BCUT2D eigenvalue weighted by Gasteiger charge is -2.08. The monoisotopic (exact) mass is 215 g/mol. The summed E-state index contributed by atoms with van der Waals surface area (Å²) in [5.74, 6) is 1.45. The van der Waals surface area contributed by atoms with Crippen molar-refractivity contribution in [1.29, 1.82) is 0 Å². The highest BCUT2D eigenvalue weighted by Crippen LogP contribution is 2.17. The summed E-state index contributed by atoms with van der Waals surface area (Å²) in [5, 5.41) is 0. The standard InChI is InChI=1S/C13H13NO2/c1-15-13-11(6-5-9-14-13)10-16-12-7-3-2-4-8-12/h2-9H,10H2,1H3. The molecule has 0 aliphatic carbocycles. The summed E-state index contributed by atoms with van der Waals surface area (Å²) in [6.45, 7) is 0.459. The Morgan fingerprint density at radius 1 is 1.06 bits per heavy atom. The van der Waals surface area contributed by atoms with Gasteiger partial charge in [-0.1, -0.05) is 18.2 Å². The SMILES string of the molecule is COc1ncccc1COc1ccccc1. The van der Waals surface area contributed by atoms with Gasteiger partial charge in [-0.05, 0) is 24.3 Å². The number of pyridine rings is 1. The van der Waals surface area contributed by atoms with Crippen LogP contribution in [0.4, 0.5) is 0 Å². The number of ether oxygens (including phenoxy) is 2. The molecule has 2 aromatic rings. The van der Waals surface area contributed by atoms with Gasteiger partial charge >= 0.3 is 0 Å². The highest BCUT2D eigenvalue weighted by Gasteiger charge is 2.03. The number of aromatic nitrogens is 1. The van der Waals surface area contributed by atoms with Crippen molar-refractivity contribution in [2.24, 2.45) is 0 Å². The number of rotatable bonds is 4. The first-order chi connectivity index (χ1) is 7.90. The van der Waals surface area contributed by atoms with Gasteiger partial charge in [0.2, 0.25) is 5.88 Å². The van der Waals surface area contributed by atoms with Crippen LogP contribution in [0.15, 0.2) is 48.7 Å². The molecule has 0 amide bonds. The minimum Gasteiger partial charge on any atom is -0.489 e. The average molecular weight is 215 g/mol. The highest BCUT2D eigenvalue weighted by molar-refractivity contribution is 5.26. The van der Waals surface area contributed by atoms with Gasteiger partial charge in [0.15, 0.2) is 0 Å². The molecule has 0 saturated heterocycles. The fourth-order valence-electron chi connectivity index (χ4n) is 1.40. The van der Waals surface area contributed by atoms with Crippen molar-refractivity contribution >= 4 is 0 Å². The van der Waals surface area contributed by atoms with Crippen LogP contribution in [0, 0.1) is 0 Å². The second-order valence-electron chi connectivity index (χ2n) is 3.27. The van der Waals surface area contributed by atoms with E-state index in [2.05, 4.69) is 4.98 Å². The molecule has 0 spiro atoms. The van der Waals surface area contributed by atoms with E-state index in [0.717, 1.165) is 11.3 Å². The Labute approximate surface area is 94.7 Å². The summed E-state index contributed by atoms with van der Waals surface area (Å²) < 4.78 is 10.8. The van der Waals surface area contributed by atoms with Crippen LogP contribution in [0.2, 0.25) is 0 Å². The smallest absolute Gasteiger partial charge is 0.219 e. The number of benzene rings is 1. The molecule has 0 unspecified atom stereocenters. The summed E-state index contributed by atoms with van der Waals surface area (Å²) >= 11 is 0. The lowest BCUT2D eigenvalue weighted by atomic mass is 10.3. The molecule has 0 bridgehead atoms. The number of nitrogens with zero attached hydrogens (tertiary/aromatic N) is 1. The van der Waals surface area contributed by atoms with Gasteiger partial charge in [-0.15, -0.1) is 0 Å². The van der Waals surface area contributed by atoms with Crippen LogP contribution in [-0.4, -0.2) is 12.1 Å². The Kier molecular flexibility index (Phi) is 3.38. The zero-order valence-corrected chi connectivity index (χ0v) is 9.09. The molecule has 3 nitrogen and oxygen atoms in total. The fourth-order valence-corrected chi connectivity index (χ4v) is 1.40. The molecule has 82 valence electrons. The molecule has 2 rings (SSSR count). The molecule has 0 N–H and O–H groups in total. The third kappa shape index (κ3) is 2.51. The maximum atomic E-state index is 5.61. The Bertz CT molecular complexity index is 443. The van der Waals surface area contributed by atoms with Crippen LogP contribution >= 0.6 is 0 Å². The predicted octanol–water partition coefficient (Wildman–Crippen LogP) is 2.67. The molecule has 16 heavy (non-hydrogen) atoms. The van der Waals surface area contributed by atoms with Crippen molar-refractivity contribution in [3.63, 3.8) is 0 Å². The van der Waals surface area contributed by atoms with Crippen molar-refractivity contribution in [1.82, 2.24) is 4.98 Å². The topological polar surface area (TPSA) is 31.4 Å². The van der Waals surface area contributed by atoms with E-state index in [9.17, 15) is 0 Å². The largest absolute Gasteiger partial charge is 0.489 e. The van der Waals surface area contributed by atoms with E-state index >= 15 is 0 Å². The van der Waals surface area contributed by atoms with Crippen molar-refractivity contribution < 1.29 is 9.47 Å². The van der Waals surface area contributed by atoms with Gasteiger partial charge in [0.05, 0.1) is 12.7 Å². The zero-order valence-electron chi connectivity index (χ0n) is 9.09. The van der Waals surface area contributed by atoms with Gasteiger partial charge in [0, 0.05) is 6.20 Å². The number of methoxy groups -OCH3 is 1. The maximum Gasteiger partial charge on any atom is 0.219 e. The summed E-state index contributed by atoms with van der Waals surface area (Å²) in [4.78, 5) is 4.11. The van der Waals surface area contributed by atoms with Crippen LogP contribution in [0.25, 0.3) is 0 Å². The lowest BCUT2D eigenvalue weighted by Crippen LogP contribution is -1.99. The first-order valence-corrected chi connectivity index (χ1v) is 5.06. The molecular weight excluding hydrogens is 202 g/mol. The van der Waals surface area contributed by atoms with Crippen LogP contribution < -0.4 is 9.47 Å². The van der Waals surface area contributed by atoms with Gasteiger partial charge in [0.25, 0.3) is 0 Å². The molecular formula is C13H13NO2. The third-order valence-electron chi connectivity index (χ3n) is 2.18. The third-order valence-corrected chi connectivity index (χ3v) is 2.18. The molecule has 0 fully saturated rings. The molecule has 1 aromatic carbocycles. The maximum absolute atomic E-state index is 5.61. The van der Waals surface area contributed by atoms with Gasteiger partial charge in [0.1, 0.15) is 12.4 Å². The molecule has 1 aromatic heterocycles. The first-order valence-electron chi connectivity index (χ1n) is 5.06. The van der Waals surface area contributed by atoms with E-state index in [-0.39, 0.29) is 0 Å². The Morgan fingerprint density at radius 2 is 1.88 bits per heavy atom. The van der Waals surface area contributed by atoms with E-state index in [1.54, 1.807) is 13.3 Å². The van der Waals surface area contributed by atoms with Gasteiger partial charge < -0.3 is 9.47 Å². The number of hydrogen-bond acceptors (Lipinski definition) is 3. The summed E-state index contributed by atoms with van der Waals surface area (Å²) in [6, 6.07) is 13.5. The first kappa shape index (κ1) is 10.5. The normalized spacial score (nSPS) is 9.81. The zero-order chi connectivity index (χ0) is 11.2. The van der Waals surface area contributed by atoms with Crippen molar-refractivity contribution in [3.05, 3.63) is 54.2 Å².